The van der Waals surface area contributed by atoms with E-state index in [0.717, 1.165) is 0 Å². The topological polar surface area (TPSA) is 35.6 Å². The van der Waals surface area contributed by atoms with Crippen molar-refractivity contribution in [3.8, 4) is 0 Å². The Hall–Kier alpha value is -2.25. The molecule has 1 N–H and O–H groups in total. The van der Waals surface area contributed by atoms with Crippen LogP contribution >= 0.6 is 23.8 Å². The summed E-state index contributed by atoms with van der Waals surface area (Å²) >= 11 is 11.2. The summed E-state index contributed by atoms with van der Waals surface area (Å²) in [6.45, 7) is 3.80. The zero-order valence-electron chi connectivity index (χ0n) is 14.6. The van der Waals surface area contributed by atoms with Gasteiger partial charge in [0.1, 0.15) is 11.6 Å². The number of anilines is 2. The predicted molar refractivity (Wildman–Crippen MR) is 108 cm³/mol. The van der Waals surface area contributed by atoms with Crippen LogP contribution in [0.15, 0.2) is 36.4 Å². The number of ketones is 1. The molecule has 3 rings (SSSR count). The fourth-order valence-electron chi connectivity index (χ4n) is 2.91. The first-order chi connectivity index (χ1) is 12.8. The van der Waals surface area contributed by atoms with Gasteiger partial charge in [0, 0.05) is 37.4 Å². The first-order valence-corrected chi connectivity index (χ1v) is 9.20. The van der Waals surface area contributed by atoms with Crippen LogP contribution in [0.4, 0.5) is 20.2 Å². The van der Waals surface area contributed by atoms with Gasteiger partial charge in [-0.05, 0) is 55.5 Å². The quantitative estimate of drug-likeness (QED) is 0.602. The number of hydrogen-bond acceptors (Lipinski definition) is 3. The lowest BCUT2D eigenvalue weighted by Crippen LogP contribution is -2.50. The molecule has 0 aromatic heterocycles. The molecule has 142 valence electrons. The smallest absolute Gasteiger partial charge is 0.173 e. The highest BCUT2D eigenvalue weighted by Gasteiger charge is 2.21. The third kappa shape index (κ3) is 4.54. The molecule has 0 amide bonds. The van der Waals surface area contributed by atoms with Crippen molar-refractivity contribution in [1.82, 2.24) is 4.90 Å². The van der Waals surface area contributed by atoms with Gasteiger partial charge in [-0.25, -0.2) is 8.78 Å². The van der Waals surface area contributed by atoms with E-state index in [1.165, 1.54) is 25.1 Å². The van der Waals surface area contributed by atoms with Gasteiger partial charge in [0.2, 0.25) is 0 Å². The van der Waals surface area contributed by atoms with Gasteiger partial charge in [-0.15, -0.1) is 0 Å². The lowest BCUT2D eigenvalue weighted by molar-refractivity contribution is 0.101. The first kappa shape index (κ1) is 19.5. The molecule has 1 heterocycles. The molecule has 0 saturated carbocycles. The van der Waals surface area contributed by atoms with Crippen LogP contribution < -0.4 is 10.2 Å². The number of rotatable bonds is 3. The number of piperazine rings is 1. The Bertz CT molecular complexity index is 885. The molecule has 0 aliphatic carbocycles. The highest BCUT2D eigenvalue weighted by atomic mass is 35.5. The summed E-state index contributed by atoms with van der Waals surface area (Å²) in [6.07, 6.45) is 0. The molecular weight excluding hydrogens is 392 g/mol. The van der Waals surface area contributed by atoms with Gasteiger partial charge in [-0.2, -0.15) is 0 Å². The molecule has 1 fully saturated rings. The van der Waals surface area contributed by atoms with E-state index in [-0.39, 0.29) is 10.8 Å². The maximum atomic E-state index is 14.3. The van der Waals surface area contributed by atoms with E-state index < -0.39 is 11.6 Å². The second-order valence-corrected chi connectivity index (χ2v) is 7.05. The average Bonchev–Trinajstić information content (AvgIpc) is 2.64. The van der Waals surface area contributed by atoms with Gasteiger partial charge in [-0.3, -0.25) is 4.79 Å². The summed E-state index contributed by atoms with van der Waals surface area (Å²) in [6, 6.07) is 8.87. The Morgan fingerprint density at radius 3 is 2.37 bits per heavy atom. The summed E-state index contributed by atoms with van der Waals surface area (Å²) in [5.74, 6) is -1.06. The number of thiocarbonyl (C=S) groups is 1. The van der Waals surface area contributed by atoms with Crippen molar-refractivity contribution < 1.29 is 13.6 Å². The van der Waals surface area contributed by atoms with Gasteiger partial charge >= 0.3 is 0 Å². The second-order valence-electron chi connectivity index (χ2n) is 6.26. The normalized spacial score (nSPS) is 14.2. The predicted octanol–water partition coefficient (Wildman–Crippen LogP) is 4.34. The van der Waals surface area contributed by atoms with Crippen LogP contribution in [0.25, 0.3) is 0 Å². The molecular formula is C19H18ClF2N3OS. The van der Waals surface area contributed by atoms with Crippen molar-refractivity contribution in [2.24, 2.45) is 0 Å². The van der Waals surface area contributed by atoms with Crippen molar-refractivity contribution >= 4 is 46.1 Å². The summed E-state index contributed by atoms with van der Waals surface area (Å²) in [5, 5.41) is 3.57. The third-order valence-corrected chi connectivity index (χ3v) is 5.08. The molecule has 1 saturated heterocycles. The minimum absolute atomic E-state index is 0.0251. The van der Waals surface area contributed by atoms with Crippen LogP contribution in [0.2, 0.25) is 5.02 Å². The SMILES string of the molecule is CC(=O)c1ccc(N2CCN(C(=S)Nc3ccc(F)c(Cl)c3)CC2)c(F)c1. The zero-order chi connectivity index (χ0) is 19.6. The average molecular weight is 410 g/mol. The van der Waals surface area contributed by atoms with Gasteiger partial charge in [0.05, 0.1) is 10.7 Å². The van der Waals surface area contributed by atoms with E-state index >= 15 is 0 Å². The Balaban J connectivity index is 1.60. The van der Waals surface area contributed by atoms with E-state index in [1.807, 2.05) is 9.80 Å². The number of Topliss-reactive ketones (excluding diaryl/α,β-unsaturated/α-hetero) is 1. The number of carbonyl (C=O) groups excluding carboxylic acids is 1. The molecule has 8 heteroatoms. The number of nitrogens with zero attached hydrogens (tertiary/aromatic N) is 2. The van der Waals surface area contributed by atoms with Crippen molar-refractivity contribution in [1.29, 1.82) is 0 Å². The fourth-order valence-corrected chi connectivity index (χ4v) is 3.39. The summed E-state index contributed by atoms with van der Waals surface area (Å²) < 4.78 is 27.6. The lowest BCUT2D eigenvalue weighted by Gasteiger charge is -2.37. The molecule has 2 aromatic rings. The molecule has 1 aliphatic rings. The number of carbonyl (C=O) groups is 1. The monoisotopic (exact) mass is 409 g/mol. The maximum Gasteiger partial charge on any atom is 0.173 e. The molecule has 0 radical (unpaired) electrons. The molecule has 0 unspecified atom stereocenters. The molecule has 0 bridgehead atoms. The van der Waals surface area contributed by atoms with Crippen molar-refractivity contribution in [2.45, 2.75) is 6.92 Å². The Morgan fingerprint density at radius 2 is 1.78 bits per heavy atom. The molecule has 0 atom stereocenters. The van der Waals surface area contributed by atoms with Gasteiger partial charge in [0.25, 0.3) is 0 Å². The van der Waals surface area contributed by atoms with E-state index in [9.17, 15) is 13.6 Å². The van der Waals surface area contributed by atoms with E-state index in [0.29, 0.717) is 48.2 Å². The van der Waals surface area contributed by atoms with Gasteiger partial charge in [-0.1, -0.05) is 11.6 Å². The highest BCUT2D eigenvalue weighted by molar-refractivity contribution is 7.80. The van der Waals surface area contributed by atoms with Crippen LogP contribution in [0.5, 0.6) is 0 Å². The van der Waals surface area contributed by atoms with Crippen LogP contribution in [-0.2, 0) is 0 Å². The van der Waals surface area contributed by atoms with E-state index in [1.54, 1.807) is 18.2 Å². The maximum absolute atomic E-state index is 14.3. The van der Waals surface area contributed by atoms with Crippen molar-refractivity contribution in [3.63, 3.8) is 0 Å². The molecule has 0 spiro atoms. The Labute approximate surface area is 166 Å². The third-order valence-electron chi connectivity index (χ3n) is 4.43. The summed E-state index contributed by atoms with van der Waals surface area (Å²) in [5.41, 5.74) is 1.45. The number of halogens is 3. The Kier molecular flexibility index (Phi) is 5.92. The molecule has 2 aromatic carbocycles. The molecule has 1 aliphatic heterocycles. The molecule has 4 nitrogen and oxygen atoms in total. The lowest BCUT2D eigenvalue weighted by atomic mass is 10.1. The Morgan fingerprint density at radius 1 is 1.07 bits per heavy atom. The van der Waals surface area contributed by atoms with Crippen LogP contribution in [0.3, 0.4) is 0 Å². The van der Waals surface area contributed by atoms with Crippen molar-refractivity contribution in [3.05, 3.63) is 58.6 Å². The van der Waals surface area contributed by atoms with Crippen molar-refractivity contribution in [2.75, 3.05) is 36.4 Å². The van der Waals surface area contributed by atoms with Crippen LogP contribution in [-0.4, -0.2) is 42.0 Å². The van der Waals surface area contributed by atoms with Gasteiger partial charge < -0.3 is 15.1 Å². The number of hydrogen-bond donors (Lipinski definition) is 1. The summed E-state index contributed by atoms with van der Waals surface area (Å²) in [4.78, 5) is 15.2. The first-order valence-electron chi connectivity index (χ1n) is 8.41. The number of benzene rings is 2. The van der Waals surface area contributed by atoms with Crippen LogP contribution in [0.1, 0.15) is 17.3 Å². The largest absolute Gasteiger partial charge is 0.366 e. The minimum Gasteiger partial charge on any atom is -0.366 e. The second kappa shape index (κ2) is 8.19. The molecule has 27 heavy (non-hydrogen) atoms. The minimum atomic E-state index is -0.487. The standard InChI is InChI=1S/C19H18ClF2N3OS/c1-12(26)13-2-5-18(17(22)10-13)24-6-8-25(9-7-24)19(27)23-14-3-4-16(21)15(20)11-14/h2-5,10-11H,6-9H2,1H3,(H,23,27). The summed E-state index contributed by atoms with van der Waals surface area (Å²) in [7, 11) is 0. The van der Waals surface area contributed by atoms with E-state index in [2.05, 4.69) is 5.32 Å². The fraction of sp³-hybridized carbons (Fsp3) is 0.263. The van der Waals surface area contributed by atoms with E-state index in [4.69, 9.17) is 23.8 Å². The van der Waals surface area contributed by atoms with Gasteiger partial charge in [0.15, 0.2) is 10.9 Å². The highest BCUT2D eigenvalue weighted by Crippen LogP contribution is 2.23. The zero-order valence-corrected chi connectivity index (χ0v) is 16.2. The van der Waals surface area contributed by atoms with Crippen LogP contribution in [0, 0.1) is 11.6 Å². The number of nitrogens with one attached hydrogen (secondary N) is 1.